The van der Waals surface area contributed by atoms with E-state index < -0.39 is 0 Å². The van der Waals surface area contributed by atoms with E-state index in [9.17, 15) is 0 Å². The van der Waals surface area contributed by atoms with Crippen molar-refractivity contribution in [2.75, 3.05) is 5.73 Å². The minimum Gasteiger partial charge on any atom is -0.397 e. The Morgan fingerprint density at radius 3 is 2.59 bits per heavy atom. The number of anilines is 1. The van der Waals surface area contributed by atoms with Gasteiger partial charge in [-0.1, -0.05) is 24.3 Å². The van der Waals surface area contributed by atoms with Crippen molar-refractivity contribution >= 4 is 17.4 Å². The van der Waals surface area contributed by atoms with Crippen LogP contribution in [0.25, 0.3) is 0 Å². The third-order valence-corrected chi connectivity index (χ3v) is 3.72. The van der Waals surface area contributed by atoms with Crippen molar-refractivity contribution in [1.29, 1.82) is 0 Å². The normalized spacial score (nSPS) is 10.5. The molecule has 0 fully saturated rings. The third-order valence-electron chi connectivity index (χ3n) is 2.74. The van der Waals surface area contributed by atoms with Gasteiger partial charge in [0.05, 0.1) is 16.4 Å². The van der Waals surface area contributed by atoms with E-state index >= 15 is 0 Å². The Hall–Kier alpha value is -1.48. The van der Waals surface area contributed by atoms with Crippen molar-refractivity contribution in [3.63, 3.8) is 0 Å². The Morgan fingerprint density at radius 2 is 1.88 bits per heavy atom. The lowest BCUT2D eigenvalue weighted by molar-refractivity contribution is 1.07. The van der Waals surface area contributed by atoms with Crippen LogP contribution in [0, 0.1) is 13.8 Å². The molecule has 0 atom stereocenters. The molecule has 1 aromatic heterocycles. The van der Waals surface area contributed by atoms with E-state index in [1.165, 1.54) is 11.1 Å². The first-order valence-corrected chi connectivity index (χ1v) is 6.56. The summed E-state index contributed by atoms with van der Waals surface area (Å²) in [5, 5.41) is 1.03. The minimum atomic E-state index is 0.755. The molecule has 0 amide bonds. The van der Waals surface area contributed by atoms with E-state index in [-0.39, 0.29) is 0 Å². The highest BCUT2D eigenvalue weighted by atomic mass is 32.2. The molecule has 17 heavy (non-hydrogen) atoms. The minimum absolute atomic E-state index is 0.755. The molecular formula is C14H16N2S. The van der Waals surface area contributed by atoms with Gasteiger partial charge in [0, 0.05) is 5.75 Å². The van der Waals surface area contributed by atoms with Gasteiger partial charge in [-0.25, -0.2) is 4.98 Å². The number of hydrogen-bond donors (Lipinski definition) is 1. The predicted octanol–water partition coefficient (Wildman–Crippen LogP) is 3.57. The van der Waals surface area contributed by atoms with E-state index in [0.717, 1.165) is 22.2 Å². The second-order valence-electron chi connectivity index (χ2n) is 4.04. The van der Waals surface area contributed by atoms with E-state index in [0.29, 0.717) is 0 Å². The van der Waals surface area contributed by atoms with Gasteiger partial charge in [0.25, 0.3) is 0 Å². The molecule has 1 heterocycles. The number of nitrogen functional groups attached to an aromatic ring is 1. The maximum absolute atomic E-state index is 5.75. The fourth-order valence-corrected chi connectivity index (χ4v) is 2.55. The second-order valence-corrected chi connectivity index (χ2v) is 5.03. The molecule has 3 heteroatoms. The van der Waals surface area contributed by atoms with Crippen LogP contribution >= 0.6 is 11.8 Å². The van der Waals surface area contributed by atoms with E-state index in [1.807, 2.05) is 19.1 Å². The van der Waals surface area contributed by atoms with Crippen molar-refractivity contribution in [2.24, 2.45) is 0 Å². The van der Waals surface area contributed by atoms with Gasteiger partial charge < -0.3 is 5.73 Å². The molecule has 1 aromatic carbocycles. The maximum atomic E-state index is 5.75. The monoisotopic (exact) mass is 244 g/mol. The second kappa shape index (κ2) is 5.23. The summed E-state index contributed by atoms with van der Waals surface area (Å²) >= 11 is 1.74. The standard InChI is InChI=1S/C14H16N2S/c1-10-5-3-4-6-12(10)9-17-14-8-7-13(15)11(2)16-14/h3-8H,9,15H2,1-2H3. The number of nitrogens with two attached hydrogens (primary N) is 1. The number of nitrogens with zero attached hydrogens (tertiary/aromatic N) is 1. The molecule has 0 aliphatic carbocycles. The summed E-state index contributed by atoms with van der Waals surface area (Å²) < 4.78 is 0. The van der Waals surface area contributed by atoms with Gasteiger partial charge in [-0.3, -0.25) is 0 Å². The van der Waals surface area contributed by atoms with Gasteiger partial charge in [-0.2, -0.15) is 0 Å². The van der Waals surface area contributed by atoms with Crippen molar-refractivity contribution in [1.82, 2.24) is 4.98 Å². The highest BCUT2D eigenvalue weighted by Crippen LogP contribution is 2.24. The van der Waals surface area contributed by atoms with Gasteiger partial charge in [0.1, 0.15) is 0 Å². The predicted molar refractivity (Wildman–Crippen MR) is 74.1 cm³/mol. The molecule has 0 aliphatic rings. The number of aromatic nitrogens is 1. The summed E-state index contributed by atoms with van der Waals surface area (Å²) in [5.41, 5.74) is 10.1. The Bertz CT molecular complexity index is 523. The molecule has 0 unspecified atom stereocenters. The van der Waals surface area contributed by atoms with Crippen LogP contribution in [-0.2, 0) is 5.75 Å². The quantitative estimate of drug-likeness (QED) is 0.839. The zero-order valence-corrected chi connectivity index (χ0v) is 10.9. The Balaban J connectivity index is 2.08. The van der Waals surface area contributed by atoms with Crippen LogP contribution in [0.15, 0.2) is 41.4 Å². The topological polar surface area (TPSA) is 38.9 Å². The first kappa shape index (κ1) is 12.0. The van der Waals surface area contributed by atoms with Crippen LogP contribution in [0.1, 0.15) is 16.8 Å². The van der Waals surface area contributed by atoms with E-state index in [1.54, 1.807) is 11.8 Å². The molecule has 2 nitrogen and oxygen atoms in total. The average molecular weight is 244 g/mol. The van der Waals surface area contributed by atoms with Crippen LogP contribution in [0.3, 0.4) is 0 Å². The van der Waals surface area contributed by atoms with Crippen molar-refractivity contribution < 1.29 is 0 Å². The summed E-state index contributed by atoms with van der Waals surface area (Å²) in [6, 6.07) is 12.3. The zero-order valence-electron chi connectivity index (χ0n) is 10.1. The molecule has 0 radical (unpaired) electrons. The molecule has 0 aliphatic heterocycles. The molecule has 2 N–H and O–H groups in total. The highest BCUT2D eigenvalue weighted by Gasteiger charge is 2.02. The number of pyridine rings is 1. The lowest BCUT2D eigenvalue weighted by Crippen LogP contribution is -1.94. The van der Waals surface area contributed by atoms with Crippen molar-refractivity contribution in [2.45, 2.75) is 24.6 Å². The lowest BCUT2D eigenvalue weighted by atomic mass is 10.1. The number of aryl methyl sites for hydroxylation is 2. The van der Waals surface area contributed by atoms with Gasteiger partial charge in [0.15, 0.2) is 0 Å². The average Bonchev–Trinajstić information content (AvgIpc) is 2.32. The van der Waals surface area contributed by atoms with Gasteiger partial charge in [0.2, 0.25) is 0 Å². The maximum Gasteiger partial charge on any atom is 0.0967 e. The van der Waals surface area contributed by atoms with Crippen molar-refractivity contribution in [3.8, 4) is 0 Å². The van der Waals surface area contributed by atoms with E-state index in [2.05, 4.69) is 36.2 Å². The fourth-order valence-electron chi connectivity index (χ4n) is 1.55. The SMILES string of the molecule is Cc1ccccc1CSc1ccc(N)c(C)n1. The molecule has 0 saturated carbocycles. The fraction of sp³-hybridized carbons (Fsp3) is 0.214. The molecule has 2 aromatic rings. The Morgan fingerprint density at radius 1 is 1.12 bits per heavy atom. The highest BCUT2D eigenvalue weighted by molar-refractivity contribution is 7.98. The van der Waals surface area contributed by atoms with Crippen LogP contribution in [0.2, 0.25) is 0 Å². The van der Waals surface area contributed by atoms with Gasteiger partial charge in [-0.05, 0) is 37.1 Å². The molecule has 88 valence electrons. The molecule has 2 rings (SSSR count). The van der Waals surface area contributed by atoms with E-state index in [4.69, 9.17) is 5.73 Å². The zero-order chi connectivity index (χ0) is 12.3. The first-order valence-electron chi connectivity index (χ1n) is 5.57. The number of thioether (sulfide) groups is 1. The van der Waals surface area contributed by atoms with Crippen LogP contribution in [0.5, 0.6) is 0 Å². The van der Waals surface area contributed by atoms with Crippen LogP contribution < -0.4 is 5.73 Å². The summed E-state index contributed by atoms with van der Waals surface area (Å²) in [5.74, 6) is 0.947. The summed E-state index contributed by atoms with van der Waals surface area (Å²) in [7, 11) is 0. The van der Waals surface area contributed by atoms with Gasteiger partial charge >= 0.3 is 0 Å². The number of benzene rings is 1. The lowest BCUT2D eigenvalue weighted by Gasteiger charge is -2.06. The van der Waals surface area contributed by atoms with Crippen molar-refractivity contribution in [3.05, 3.63) is 53.2 Å². The Kier molecular flexibility index (Phi) is 3.69. The molecule has 0 saturated heterocycles. The number of hydrogen-bond acceptors (Lipinski definition) is 3. The first-order chi connectivity index (χ1) is 8.16. The summed E-state index contributed by atoms with van der Waals surface area (Å²) in [4.78, 5) is 4.46. The van der Waals surface area contributed by atoms with Gasteiger partial charge in [-0.15, -0.1) is 11.8 Å². The molecule has 0 spiro atoms. The Labute approximate surface area is 106 Å². The summed E-state index contributed by atoms with van der Waals surface area (Å²) in [6.07, 6.45) is 0. The summed E-state index contributed by atoms with van der Waals surface area (Å²) in [6.45, 7) is 4.07. The smallest absolute Gasteiger partial charge is 0.0967 e. The molecule has 0 bridgehead atoms. The molecular weight excluding hydrogens is 228 g/mol. The third kappa shape index (κ3) is 3.01. The number of rotatable bonds is 3. The van der Waals surface area contributed by atoms with Crippen LogP contribution in [0.4, 0.5) is 5.69 Å². The van der Waals surface area contributed by atoms with Crippen LogP contribution in [-0.4, -0.2) is 4.98 Å². The largest absolute Gasteiger partial charge is 0.397 e.